The van der Waals surface area contributed by atoms with Crippen LogP contribution < -0.4 is 0 Å². The van der Waals surface area contributed by atoms with Gasteiger partial charge in [0.1, 0.15) is 11.2 Å². The van der Waals surface area contributed by atoms with Crippen LogP contribution in [-0.4, -0.2) is 15.0 Å². The molecule has 228 valence electrons. The Morgan fingerprint density at radius 1 is 0.347 bits per heavy atom. The van der Waals surface area contributed by atoms with Crippen LogP contribution in [0, 0.1) is 0 Å². The quantitative estimate of drug-likeness (QED) is 0.195. The van der Waals surface area contributed by atoms with Crippen molar-refractivity contribution >= 4 is 54.3 Å². The normalized spacial score (nSPS) is 11.7. The minimum atomic E-state index is 0.590. The summed E-state index contributed by atoms with van der Waals surface area (Å²) in [7, 11) is 0. The summed E-state index contributed by atoms with van der Waals surface area (Å²) in [6, 6.07) is 57.0. The van der Waals surface area contributed by atoms with Gasteiger partial charge in [-0.25, -0.2) is 15.0 Å². The Hall–Kier alpha value is -6.65. The fourth-order valence-electron chi connectivity index (χ4n) is 7.02. The Balaban J connectivity index is 1.27. The lowest BCUT2D eigenvalue weighted by Crippen LogP contribution is -2.01. The van der Waals surface area contributed by atoms with E-state index in [4.69, 9.17) is 19.4 Å². The van der Waals surface area contributed by atoms with Gasteiger partial charge in [0, 0.05) is 33.0 Å². The molecule has 0 unspecified atom stereocenters. The molecular weight excluding hydrogens is 599 g/mol. The Morgan fingerprint density at radius 3 is 1.41 bits per heavy atom. The van der Waals surface area contributed by atoms with Gasteiger partial charge in [-0.05, 0) is 74.3 Å². The van der Waals surface area contributed by atoms with Crippen molar-refractivity contribution < 1.29 is 4.42 Å². The van der Waals surface area contributed by atoms with E-state index in [1.807, 2.05) is 12.1 Å². The highest BCUT2D eigenvalue weighted by molar-refractivity contribution is 6.13. The van der Waals surface area contributed by atoms with E-state index in [-0.39, 0.29) is 0 Å². The van der Waals surface area contributed by atoms with Crippen LogP contribution in [0.1, 0.15) is 0 Å². The van der Waals surface area contributed by atoms with Crippen LogP contribution in [0.4, 0.5) is 0 Å². The molecule has 0 aliphatic carbocycles. The van der Waals surface area contributed by atoms with Crippen LogP contribution in [0.15, 0.2) is 168 Å². The molecule has 2 aromatic heterocycles. The Morgan fingerprint density at radius 2 is 0.816 bits per heavy atom. The van der Waals surface area contributed by atoms with E-state index in [9.17, 15) is 0 Å². The van der Waals surface area contributed by atoms with E-state index < -0.39 is 0 Å². The molecule has 10 aromatic rings. The average Bonchev–Trinajstić information content (AvgIpc) is 3.55. The third-order valence-corrected chi connectivity index (χ3v) is 9.48. The highest BCUT2D eigenvalue weighted by atomic mass is 16.3. The van der Waals surface area contributed by atoms with Gasteiger partial charge in [-0.1, -0.05) is 127 Å². The van der Waals surface area contributed by atoms with Crippen molar-refractivity contribution in [1.82, 2.24) is 15.0 Å². The molecule has 2 heterocycles. The van der Waals surface area contributed by atoms with Gasteiger partial charge in [0.15, 0.2) is 17.5 Å². The van der Waals surface area contributed by atoms with Gasteiger partial charge in [-0.3, -0.25) is 0 Å². The lowest BCUT2D eigenvalue weighted by Gasteiger charge is -2.14. The first-order valence-corrected chi connectivity index (χ1v) is 16.4. The predicted octanol–water partition coefficient (Wildman–Crippen LogP) is 11.9. The zero-order chi connectivity index (χ0) is 32.3. The van der Waals surface area contributed by atoms with Crippen molar-refractivity contribution in [1.29, 1.82) is 0 Å². The average molecular weight is 626 g/mol. The van der Waals surface area contributed by atoms with Gasteiger partial charge in [0.2, 0.25) is 0 Å². The molecule has 10 rings (SSSR count). The summed E-state index contributed by atoms with van der Waals surface area (Å²) >= 11 is 0. The Kier molecular flexibility index (Phi) is 6.15. The third-order valence-electron chi connectivity index (χ3n) is 9.48. The molecule has 0 saturated carbocycles. The second kappa shape index (κ2) is 11.0. The van der Waals surface area contributed by atoms with Gasteiger partial charge in [0.25, 0.3) is 0 Å². The van der Waals surface area contributed by atoms with Crippen LogP contribution in [0.2, 0.25) is 0 Å². The Labute approximate surface area is 282 Å². The molecule has 0 N–H and O–H groups in total. The Bertz CT molecular complexity index is 2810. The molecule has 8 aromatic carbocycles. The minimum absolute atomic E-state index is 0.590. The molecule has 4 heteroatoms. The van der Waals surface area contributed by atoms with E-state index in [0.717, 1.165) is 65.9 Å². The summed E-state index contributed by atoms with van der Waals surface area (Å²) in [5.41, 5.74) is 6.41. The number of hydrogen-bond donors (Lipinski definition) is 0. The summed E-state index contributed by atoms with van der Waals surface area (Å²) in [5, 5.41) is 9.08. The zero-order valence-electron chi connectivity index (χ0n) is 26.3. The molecule has 0 atom stereocenters. The molecular formula is C45H27N3O. The highest BCUT2D eigenvalue weighted by Crippen LogP contribution is 2.42. The first-order chi connectivity index (χ1) is 24.2. The summed E-state index contributed by atoms with van der Waals surface area (Å²) in [6.45, 7) is 0. The standard InChI is InChI=1S/C45H27N3O/c1-4-12-31-25-34(20-17-28(31)9-1)41-39(24-23-38-37-15-7-8-16-40(37)49-42(38)41)45-47-43(35-21-18-29-10-2-5-13-32(29)26-35)46-44(48-45)36-22-19-30-11-3-6-14-33(30)27-36/h1-27H. The largest absolute Gasteiger partial charge is 0.455 e. The second-order valence-electron chi connectivity index (χ2n) is 12.5. The molecule has 0 spiro atoms. The molecule has 0 aliphatic rings. The van der Waals surface area contributed by atoms with Crippen molar-refractivity contribution in [2.45, 2.75) is 0 Å². The van der Waals surface area contributed by atoms with Crippen molar-refractivity contribution in [2.75, 3.05) is 0 Å². The third kappa shape index (κ3) is 4.65. The number of furan rings is 1. The van der Waals surface area contributed by atoms with Gasteiger partial charge < -0.3 is 4.42 Å². The highest BCUT2D eigenvalue weighted by Gasteiger charge is 2.21. The van der Waals surface area contributed by atoms with E-state index in [1.165, 1.54) is 16.2 Å². The number of rotatable bonds is 4. The van der Waals surface area contributed by atoms with Crippen LogP contribution >= 0.6 is 0 Å². The second-order valence-corrected chi connectivity index (χ2v) is 12.5. The van der Waals surface area contributed by atoms with Gasteiger partial charge in [-0.15, -0.1) is 0 Å². The van der Waals surface area contributed by atoms with Crippen molar-refractivity contribution in [3.05, 3.63) is 164 Å². The molecule has 0 radical (unpaired) electrons. The molecule has 49 heavy (non-hydrogen) atoms. The van der Waals surface area contributed by atoms with Crippen molar-refractivity contribution in [3.63, 3.8) is 0 Å². The summed E-state index contributed by atoms with van der Waals surface area (Å²) in [4.78, 5) is 15.5. The van der Waals surface area contributed by atoms with Gasteiger partial charge >= 0.3 is 0 Å². The van der Waals surface area contributed by atoms with Crippen molar-refractivity contribution in [3.8, 4) is 45.3 Å². The van der Waals surface area contributed by atoms with E-state index in [1.54, 1.807) is 0 Å². The number of hydrogen-bond acceptors (Lipinski definition) is 4. The maximum absolute atomic E-state index is 6.67. The number of benzene rings is 8. The fourth-order valence-corrected chi connectivity index (χ4v) is 7.02. The SMILES string of the molecule is c1ccc2cc(-c3nc(-c4ccc5ccccc5c4)nc(-c4ccc5c(oc6ccccc65)c4-c4ccc5ccccc5c4)n3)ccc2c1. The first kappa shape index (κ1) is 27.5. The molecule has 0 fully saturated rings. The van der Waals surface area contributed by atoms with Crippen LogP contribution in [-0.2, 0) is 0 Å². The predicted molar refractivity (Wildman–Crippen MR) is 201 cm³/mol. The van der Waals surface area contributed by atoms with Crippen LogP contribution in [0.25, 0.3) is 99.5 Å². The summed E-state index contributed by atoms with van der Waals surface area (Å²) in [6.07, 6.45) is 0. The molecule has 0 amide bonds. The van der Waals surface area contributed by atoms with E-state index in [0.29, 0.717) is 17.5 Å². The topological polar surface area (TPSA) is 51.8 Å². The van der Waals surface area contributed by atoms with Gasteiger partial charge in [-0.2, -0.15) is 0 Å². The first-order valence-electron chi connectivity index (χ1n) is 16.4. The smallest absolute Gasteiger partial charge is 0.164 e. The monoisotopic (exact) mass is 625 g/mol. The maximum Gasteiger partial charge on any atom is 0.164 e. The van der Waals surface area contributed by atoms with E-state index in [2.05, 4.69) is 152 Å². The maximum atomic E-state index is 6.67. The lowest BCUT2D eigenvalue weighted by atomic mass is 9.94. The fraction of sp³-hybridized carbons (Fsp3) is 0. The van der Waals surface area contributed by atoms with E-state index >= 15 is 0 Å². The molecule has 0 bridgehead atoms. The zero-order valence-corrected chi connectivity index (χ0v) is 26.3. The van der Waals surface area contributed by atoms with Crippen LogP contribution in [0.5, 0.6) is 0 Å². The summed E-state index contributed by atoms with van der Waals surface area (Å²) < 4.78 is 6.67. The number of nitrogens with zero attached hydrogens (tertiary/aromatic N) is 3. The molecule has 4 nitrogen and oxygen atoms in total. The number of aromatic nitrogens is 3. The van der Waals surface area contributed by atoms with Gasteiger partial charge in [0.05, 0.1) is 0 Å². The molecule has 0 saturated heterocycles. The lowest BCUT2D eigenvalue weighted by molar-refractivity contribution is 0.670. The van der Waals surface area contributed by atoms with Crippen molar-refractivity contribution in [2.24, 2.45) is 0 Å². The molecule has 0 aliphatic heterocycles. The number of fused-ring (bicyclic) bond motifs is 6. The minimum Gasteiger partial charge on any atom is -0.455 e. The summed E-state index contributed by atoms with van der Waals surface area (Å²) in [5.74, 6) is 1.83. The van der Waals surface area contributed by atoms with Crippen LogP contribution in [0.3, 0.4) is 0 Å². The number of para-hydroxylation sites is 1.